The second-order valence-electron chi connectivity index (χ2n) is 20.2. The van der Waals surface area contributed by atoms with Gasteiger partial charge in [0.1, 0.15) is 36.3 Å². The van der Waals surface area contributed by atoms with Crippen molar-refractivity contribution in [1.82, 2.24) is 49.5 Å². The van der Waals surface area contributed by atoms with Gasteiger partial charge in [0.05, 0.1) is 74.5 Å². The molecule has 462 valence electrons. The minimum absolute atomic E-state index is 0.104. The predicted octanol–water partition coefficient (Wildman–Crippen LogP) is 0.954. The number of carbonyl (C=O) groups is 2. The van der Waals surface area contributed by atoms with Crippen molar-refractivity contribution in [3.8, 4) is 0 Å². The van der Waals surface area contributed by atoms with Crippen LogP contribution in [0.2, 0.25) is 0 Å². The molecule has 85 heavy (non-hydrogen) atoms. The molecule has 25 heteroatoms. The third kappa shape index (κ3) is 24.7. The number of aliphatic hydroxyl groups excluding tert-OH is 8. The number of Topliss-reactive ketones (excluding diaryl/α,β-unsaturated/α-hetero) is 1. The first-order valence-electron chi connectivity index (χ1n) is 28.6. The Hall–Kier alpha value is -6.63. The van der Waals surface area contributed by atoms with Crippen LogP contribution in [0.25, 0.3) is 0 Å². The first kappa shape index (κ1) is 67.5. The SMILES string of the molecule is NC1[C@H](O)OC(CO)[C@@H](O)[C@@H]1O.O=C(CCN(CCN(Cc1ccccn1)Cc1ccccn1)Cc1ccccn1)C[C@@H]1[C@@H](O)[C@H](O)[C@@H](CO)O[C@@H]1O.O=C(O)CCN(CCN(Cc1ccccn1)Cc1ccccn1)Cc1ccccn1.[2H]CF. The van der Waals surface area contributed by atoms with Crippen LogP contribution in [0.15, 0.2) is 146 Å². The van der Waals surface area contributed by atoms with E-state index < -0.39 is 87.5 Å². The van der Waals surface area contributed by atoms with Crippen LogP contribution in [0.3, 0.4) is 0 Å². The zero-order valence-electron chi connectivity index (χ0n) is 48.4. The largest absolute Gasteiger partial charge is 0.481 e. The molecule has 2 aliphatic rings. The smallest absolute Gasteiger partial charge is 0.304 e. The Morgan fingerprint density at radius 2 is 0.788 bits per heavy atom. The highest BCUT2D eigenvalue weighted by Gasteiger charge is 2.44. The van der Waals surface area contributed by atoms with E-state index >= 15 is 0 Å². The lowest BCUT2D eigenvalue weighted by atomic mass is 9.86. The minimum Gasteiger partial charge on any atom is -0.481 e. The first-order chi connectivity index (χ1) is 41.6. The molecule has 6 aromatic heterocycles. The van der Waals surface area contributed by atoms with Crippen LogP contribution in [0.4, 0.5) is 4.39 Å². The van der Waals surface area contributed by atoms with E-state index in [1.54, 1.807) is 37.2 Å². The van der Waals surface area contributed by atoms with Crippen LogP contribution in [0.5, 0.6) is 0 Å². The van der Waals surface area contributed by atoms with E-state index in [9.17, 15) is 44.6 Å². The molecule has 0 aromatic carbocycles. The number of ketones is 1. The van der Waals surface area contributed by atoms with Crippen LogP contribution < -0.4 is 5.73 Å². The number of aliphatic hydroxyl groups is 8. The summed E-state index contributed by atoms with van der Waals surface area (Å²) < 4.78 is 25.4. The summed E-state index contributed by atoms with van der Waals surface area (Å²) in [5.74, 6) is -1.94. The van der Waals surface area contributed by atoms with Crippen molar-refractivity contribution in [2.75, 3.05) is 59.6 Å². The molecular formula is C60H82FN11O13. The fraction of sp³-hybridized carbons (Fsp3) is 0.467. The van der Waals surface area contributed by atoms with Crippen molar-refractivity contribution in [3.63, 3.8) is 0 Å². The summed E-state index contributed by atoms with van der Waals surface area (Å²) in [7, 11) is -1.00. The average Bonchev–Trinajstić information content (AvgIpc) is 3.10. The second-order valence-corrected chi connectivity index (χ2v) is 20.2. The van der Waals surface area contributed by atoms with E-state index in [1.165, 1.54) is 0 Å². The predicted molar refractivity (Wildman–Crippen MR) is 309 cm³/mol. The van der Waals surface area contributed by atoms with Crippen molar-refractivity contribution < 1.29 is 70.8 Å². The molecule has 8 rings (SSSR count). The van der Waals surface area contributed by atoms with Gasteiger partial charge in [-0.1, -0.05) is 36.4 Å². The Bertz CT molecular complexity index is 2660. The number of alkyl halides is 1. The monoisotopic (exact) mass is 1180 g/mol. The maximum absolute atomic E-state index is 13.0. The Morgan fingerprint density at radius 3 is 1.11 bits per heavy atom. The van der Waals surface area contributed by atoms with E-state index in [1.807, 2.05) is 109 Å². The highest BCUT2D eigenvalue weighted by Crippen LogP contribution is 2.28. The average molecular weight is 1190 g/mol. The Kier molecular flexibility index (Phi) is 30.5. The van der Waals surface area contributed by atoms with Gasteiger partial charge in [0.25, 0.3) is 0 Å². The molecule has 8 heterocycles. The van der Waals surface area contributed by atoms with Gasteiger partial charge in [-0.3, -0.25) is 63.5 Å². The molecule has 0 spiro atoms. The van der Waals surface area contributed by atoms with Gasteiger partial charge in [-0.05, 0) is 72.8 Å². The Labute approximate surface area is 496 Å². The molecule has 2 aliphatic heterocycles. The molecule has 0 aliphatic carbocycles. The number of hydrogen-bond acceptors (Lipinski definition) is 23. The zero-order chi connectivity index (χ0) is 62.1. The van der Waals surface area contributed by atoms with Crippen LogP contribution >= 0.6 is 0 Å². The van der Waals surface area contributed by atoms with Crippen LogP contribution in [-0.2, 0) is 58.3 Å². The number of ether oxygens (including phenoxy) is 2. The van der Waals surface area contributed by atoms with Crippen LogP contribution in [0.1, 0.15) is 54.8 Å². The standard InChI is InChI=1S/C30H39N5O6.C23H27N5O2.C6H13NO5.CH3F/c36-21-27-29(39)28(38)26(30(40)41-27)17-25(37)10-14-34(18-22-7-1-4-11-31-22)15-16-35(19-23-8-2-5-12-32-23)20-24-9-3-6-13-33-24;29-23(30)10-14-27(17-20-7-1-4-11-24-20)15-16-28(18-21-8-2-5-12-25-21)19-22-9-3-6-13-26-22;7-3-5(10)4(9)2(1-8)12-6(3)11;1-2/h1-9,11-13,26-30,36,38-40H,10,14-21H2;1-9,11-13H,10,14-19H2,(H,29,30);2-6,8-11H,1,7H2;1H3/t26-,27-,28-,29-,30+;;2?,3?,4-,5-,6-;/m1.1./s1/i;;;1D. The Balaban J connectivity index is 0.000000260. The summed E-state index contributed by atoms with van der Waals surface area (Å²) in [4.78, 5) is 59.6. The summed E-state index contributed by atoms with van der Waals surface area (Å²) >= 11 is 0. The molecule has 6 aromatic rings. The maximum atomic E-state index is 13.0. The molecular weight excluding hydrogens is 1100 g/mol. The first-order valence-corrected chi connectivity index (χ1v) is 27.8. The molecule has 11 N–H and O–H groups in total. The lowest BCUT2D eigenvalue weighted by Crippen LogP contribution is -2.61. The second kappa shape index (κ2) is 38.4. The number of carboxylic acid groups (broad SMARTS) is 1. The molecule has 0 amide bonds. The van der Waals surface area contributed by atoms with Gasteiger partial charge in [-0.2, -0.15) is 0 Å². The van der Waals surface area contributed by atoms with E-state index in [2.05, 4.69) is 49.5 Å². The lowest BCUT2D eigenvalue weighted by Gasteiger charge is -2.40. The quantitative estimate of drug-likeness (QED) is 0.0327. The number of aromatic nitrogens is 6. The van der Waals surface area contributed by atoms with Gasteiger partial charge < -0.3 is 61.2 Å². The van der Waals surface area contributed by atoms with Gasteiger partial charge in [0, 0.05) is 134 Å². The van der Waals surface area contributed by atoms with Crippen LogP contribution in [-0.4, -0.2) is 222 Å². The van der Waals surface area contributed by atoms with Gasteiger partial charge in [0.2, 0.25) is 0 Å². The van der Waals surface area contributed by atoms with E-state index in [0.717, 1.165) is 47.3 Å². The summed E-state index contributed by atoms with van der Waals surface area (Å²) in [6.07, 6.45) is 0.633. The number of pyridine rings is 6. The lowest BCUT2D eigenvalue weighted by molar-refractivity contribution is -0.269. The van der Waals surface area contributed by atoms with Gasteiger partial charge in [-0.25, -0.2) is 0 Å². The molecule has 2 saturated heterocycles. The molecule has 0 bridgehead atoms. The number of carboxylic acids is 1. The Morgan fingerprint density at radius 1 is 0.482 bits per heavy atom. The minimum atomic E-state index is -1.45. The summed E-state index contributed by atoms with van der Waals surface area (Å²) in [6, 6.07) is 34.0. The number of carbonyl (C=O) groups excluding carboxylic acids is 1. The molecule has 24 nitrogen and oxygen atoms in total. The van der Waals surface area contributed by atoms with Gasteiger partial charge in [-0.15, -0.1) is 0 Å². The highest BCUT2D eigenvalue weighted by atomic mass is 19.1. The van der Waals surface area contributed by atoms with Gasteiger partial charge >= 0.3 is 5.97 Å². The molecule has 10 atom stereocenters. The number of hydrogen-bond donors (Lipinski definition) is 10. The van der Waals surface area contributed by atoms with Crippen molar-refractivity contribution in [1.29, 1.82) is 0 Å². The summed E-state index contributed by atoms with van der Waals surface area (Å²) in [6.45, 7) is 6.59. The fourth-order valence-electron chi connectivity index (χ4n) is 9.25. The third-order valence-electron chi connectivity index (χ3n) is 13.9. The van der Waals surface area contributed by atoms with E-state index in [4.69, 9.17) is 31.9 Å². The third-order valence-corrected chi connectivity index (χ3v) is 13.9. The number of nitrogens with two attached hydrogens (primary N) is 1. The highest BCUT2D eigenvalue weighted by molar-refractivity contribution is 5.79. The number of nitrogens with zero attached hydrogens (tertiary/aromatic N) is 10. The number of rotatable bonds is 28. The molecule has 2 unspecified atom stereocenters. The summed E-state index contributed by atoms with van der Waals surface area (Å²) in [5.41, 5.74) is 11.0. The van der Waals surface area contributed by atoms with E-state index in [-0.39, 0.29) is 25.0 Å². The molecule has 0 saturated carbocycles. The fourth-order valence-corrected chi connectivity index (χ4v) is 9.25. The maximum Gasteiger partial charge on any atom is 0.304 e. The number of aliphatic carboxylic acids is 1. The summed E-state index contributed by atoms with van der Waals surface area (Å²) in [5, 5.41) is 85.4. The van der Waals surface area contributed by atoms with Crippen molar-refractivity contribution in [2.45, 2.75) is 114 Å². The molecule has 0 radical (unpaired) electrons. The molecule has 2 fully saturated rings. The van der Waals surface area contributed by atoms with E-state index in [0.29, 0.717) is 65.4 Å². The number of halogens is 1. The topological polar surface area (TPSA) is 351 Å². The zero-order valence-corrected chi connectivity index (χ0v) is 47.4. The normalized spacial score (nSPS) is 22.1. The van der Waals surface area contributed by atoms with Crippen LogP contribution in [0, 0.1) is 5.92 Å². The van der Waals surface area contributed by atoms with Crippen molar-refractivity contribution >= 4 is 11.8 Å². The van der Waals surface area contributed by atoms with Crippen molar-refractivity contribution in [3.05, 3.63) is 181 Å². The van der Waals surface area contributed by atoms with Crippen molar-refractivity contribution in [2.24, 2.45) is 11.7 Å². The van der Waals surface area contributed by atoms with Gasteiger partial charge in [0.15, 0.2) is 12.6 Å².